The number of carbonyl (C=O) groups excluding carboxylic acids is 1. The second kappa shape index (κ2) is 5.31. The Hall–Kier alpha value is -1.36. The molecular formula is C12H20N4O. The van der Waals surface area contributed by atoms with Crippen molar-refractivity contribution in [2.24, 2.45) is 7.05 Å². The predicted octanol–water partition coefficient (Wildman–Crippen LogP) is 0.567. The maximum absolute atomic E-state index is 11.9. The molecule has 0 saturated carbocycles. The fourth-order valence-corrected chi connectivity index (χ4v) is 2.22. The molecule has 0 aliphatic carbocycles. The van der Waals surface area contributed by atoms with Crippen LogP contribution in [0.3, 0.4) is 0 Å². The Morgan fingerprint density at radius 3 is 3.12 bits per heavy atom. The van der Waals surface area contributed by atoms with Crippen molar-refractivity contribution in [1.82, 2.24) is 20.4 Å². The molecule has 0 aromatic carbocycles. The van der Waals surface area contributed by atoms with Crippen molar-refractivity contribution in [2.75, 3.05) is 0 Å². The molecule has 0 radical (unpaired) electrons. The number of piperidine rings is 1. The first-order valence-corrected chi connectivity index (χ1v) is 6.16. The normalized spacial score (nSPS) is 24.6. The average molecular weight is 236 g/mol. The van der Waals surface area contributed by atoms with Gasteiger partial charge in [0.15, 0.2) is 0 Å². The second-order valence-electron chi connectivity index (χ2n) is 4.79. The summed E-state index contributed by atoms with van der Waals surface area (Å²) >= 11 is 0. The van der Waals surface area contributed by atoms with Gasteiger partial charge in [-0.05, 0) is 26.2 Å². The van der Waals surface area contributed by atoms with Crippen molar-refractivity contribution in [1.29, 1.82) is 0 Å². The van der Waals surface area contributed by atoms with Crippen LogP contribution < -0.4 is 10.6 Å². The molecule has 94 valence electrons. The summed E-state index contributed by atoms with van der Waals surface area (Å²) in [6, 6.07) is 0.410. The molecule has 1 aromatic rings. The summed E-state index contributed by atoms with van der Waals surface area (Å²) in [5.74, 6) is 0.0976. The van der Waals surface area contributed by atoms with Crippen LogP contribution in [0.4, 0.5) is 0 Å². The molecule has 2 heterocycles. The Morgan fingerprint density at radius 2 is 2.47 bits per heavy atom. The zero-order valence-electron chi connectivity index (χ0n) is 10.4. The van der Waals surface area contributed by atoms with Gasteiger partial charge in [0.25, 0.3) is 0 Å². The van der Waals surface area contributed by atoms with E-state index < -0.39 is 0 Å². The molecule has 2 N–H and O–H groups in total. The molecule has 5 nitrogen and oxygen atoms in total. The van der Waals surface area contributed by atoms with Crippen LogP contribution in [-0.2, 0) is 18.4 Å². The van der Waals surface area contributed by atoms with E-state index in [1.807, 2.05) is 13.2 Å². The molecule has 0 bridgehead atoms. The van der Waals surface area contributed by atoms with Crippen LogP contribution in [0.25, 0.3) is 0 Å². The van der Waals surface area contributed by atoms with Crippen molar-refractivity contribution >= 4 is 5.91 Å². The molecule has 2 unspecified atom stereocenters. The van der Waals surface area contributed by atoms with E-state index >= 15 is 0 Å². The lowest BCUT2D eigenvalue weighted by Gasteiger charge is -2.27. The minimum absolute atomic E-state index is 0.0320. The van der Waals surface area contributed by atoms with Crippen molar-refractivity contribution in [2.45, 2.75) is 44.8 Å². The summed E-state index contributed by atoms with van der Waals surface area (Å²) in [5.41, 5.74) is 1.03. The van der Waals surface area contributed by atoms with Gasteiger partial charge in [0.2, 0.25) is 5.91 Å². The molecule has 1 aliphatic heterocycles. The number of aryl methyl sites for hydroxylation is 1. The van der Waals surface area contributed by atoms with Gasteiger partial charge in [-0.15, -0.1) is 0 Å². The third-order valence-corrected chi connectivity index (χ3v) is 3.16. The van der Waals surface area contributed by atoms with Crippen LogP contribution in [0.2, 0.25) is 0 Å². The molecule has 2 rings (SSSR count). The van der Waals surface area contributed by atoms with Gasteiger partial charge in [-0.2, -0.15) is 5.10 Å². The molecule has 1 amide bonds. The maximum Gasteiger partial charge on any atom is 0.237 e. The fraction of sp³-hybridized carbons (Fsp3) is 0.667. The molecule has 1 saturated heterocycles. The summed E-state index contributed by atoms with van der Waals surface area (Å²) < 4.78 is 1.74. The lowest BCUT2D eigenvalue weighted by Crippen LogP contribution is -2.49. The van der Waals surface area contributed by atoms with Gasteiger partial charge in [0, 0.05) is 31.4 Å². The molecule has 1 aliphatic rings. The van der Waals surface area contributed by atoms with Gasteiger partial charge < -0.3 is 10.6 Å². The first-order chi connectivity index (χ1) is 8.15. The second-order valence-corrected chi connectivity index (χ2v) is 4.79. The van der Waals surface area contributed by atoms with E-state index in [1.54, 1.807) is 10.9 Å². The average Bonchev–Trinajstić information content (AvgIpc) is 2.72. The number of amides is 1. The lowest BCUT2D eigenvalue weighted by atomic mass is 9.99. The summed E-state index contributed by atoms with van der Waals surface area (Å²) in [5, 5.41) is 10.3. The molecule has 17 heavy (non-hydrogen) atoms. The highest BCUT2D eigenvalue weighted by atomic mass is 16.2. The van der Waals surface area contributed by atoms with Crippen molar-refractivity contribution in [3.8, 4) is 0 Å². The van der Waals surface area contributed by atoms with E-state index in [9.17, 15) is 4.79 Å². The number of nitrogens with zero attached hydrogens (tertiary/aromatic N) is 2. The molecule has 2 atom stereocenters. The number of nitrogens with one attached hydrogen (secondary N) is 2. The third kappa shape index (κ3) is 3.30. The molecule has 1 fully saturated rings. The van der Waals surface area contributed by atoms with Gasteiger partial charge in [-0.3, -0.25) is 9.48 Å². The SMILES string of the molecule is CC1CCCC(C(=O)NCc2cnn(C)c2)N1. The molecule has 5 heteroatoms. The Kier molecular flexibility index (Phi) is 3.78. The minimum atomic E-state index is -0.0320. The van der Waals surface area contributed by atoms with E-state index in [0.29, 0.717) is 12.6 Å². The third-order valence-electron chi connectivity index (χ3n) is 3.16. The monoisotopic (exact) mass is 236 g/mol. The number of rotatable bonds is 3. The van der Waals surface area contributed by atoms with Gasteiger partial charge in [0.1, 0.15) is 0 Å². The first-order valence-electron chi connectivity index (χ1n) is 6.16. The van der Waals surface area contributed by atoms with Crippen molar-refractivity contribution in [3.05, 3.63) is 18.0 Å². The standard InChI is InChI=1S/C12H20N4O/c1-9-4-3-5-11(15-9)12(17)13-6-10-7-14-16(2)8-10/h7-9,11,15H,3-6H2,1-2H3,(H,13,17). The summed E-state index contributed by atoms with van der Waals surface area (Å²) in [7, 11) is 1.87. The predicted molar refractivity (Wildman–Crippen MR) is 65.3 cm³/mol. The molecule has 1 aromatic heterocycles. The van der Waals surface area contributed by atoms with E-state index in [-0.39, 0.29) is 11.9 Å². The van der Waals surface area contributed by atoms with Crippen LogP contribution in [0, 0.1) is 0 Å². The first kappa shape index (κ1) is 12.1. The Morgan fingerprint density at radius 1 is 1.65 bits per heavy atom. The van der Waals surface area contributed by atoms with Crippen molar-refractivity contribution in [3.63, 3.8) is 0 Å². The Balaban J connectivity index is 1.80. The number of hydrogen-bond donors (Lipinski definition) is 2. The van der Waals surface area contributed by atoms with Crippen LogP contribution in [-0.4, -0.2) is 27.8 Å². The van der Waals surface area contributed by atoms with Gasteiger partial charge in [-0.25, -0.2) is 0 Å². The Bertz CT molecular complexity index is 388. The van der Waals surface area contributed by atoms with Crippen LogP contribution in [0.15, 0.2) is 12.4 Å². The highest BCUT2D eigenvalue weighted by Gasteiger charge is 2.23. The van der Waals surface area contributed by atoms with E-state index in [2.05, 4.69) is 22.7 Å². The Labute approximate surface area is 102 Å². The van der Waals surface area contributed by atoms with E-state index in [1.165, 1.54) is 0 Å². The van der Waals surface area contributed by atoms with Crippen LogP contribution in [0.5, 0.6) is 0 Å². The number of hydrogen-bond acceptors (Lipinski definition) is 3. The van der Waals surface area contributed by atoms with E-state index in [0.717, 1.165) is 24.8 Å². The highest BCUT2D eigenvalue weighted by molar-refractivity contribution is 5.81. The topological polar surface area (TPSA) is 59.0 Å². The zero-order valence-corrected chi connectivity index (χ0v) is 10.4. The van der Waals surface area contributed by atoms with Crippen LogP contribution in [0.1, 0.15) is 31.7 Å². The van der Waals surface area contributed by atoms with Gasteiger partial charge in [0.05, 0.1) is 12.2 Å². The van der Waals surface area contributed by atoms with Crippen LogP contribution >= 0.6 is 0 Å². The highest BCUT2D eigenvalue weighted by Crippen LogP contribution is 2.12. The maximum atomic E-state index is 11.9. The van der Waals surface area contributed by atoms with E-state index in [4.69, 9.17) is 0 Å². The quantitative estimate of drug-likeness (QED) is 0.806. The summed E-state index contributed by atoms with van der Waals surface area (Å²) in [6.45, 7) is 2.68. The summed E-state index contributed by atoms with van der Waals surface area (Å²) in [4.78, 5) is 11.9. The number of carbonyl (C=O) groups is 1. The zero-order chi connectivity index (χ0) is 12.3. The summed E-state index contributed by atoms with van der Waals surface area (Å²) in [6.07, 6.45) is 6.91. The van der Waals surface area contributed by atoms with Crippen molar-refractivity contribution < 1.29 is 4.79 Å². The van der Waals surface area contributed by atoms with Gasteiger partial charge in [-0.1, -0.05) is 0 Å². The lowest BCUT2D eigenvalue weighted by molar-refractivity contribution is -0.124. The molecular weight excluding hydrogens is 216 g/mol. The number of aromatic nitrogens is 2. The fourth-order valence-electron chi connectivity index (χ4n) is 2.22. The minimum Gasteiger partial charge on any atom is -0.351 e. The largest absolute Gasteiger partial charge is 0.351 e. The molecule has 0 spiro atoms. The smallest absolute Gasteiger partial charge is 0.237 e. The van der Waals surface area contributed by atoms with Gasteiger partial charge >= 0.3 is 0 Å².